The number of allylic oxidation sites excluding steroid dienone is 6. The maximum absolute atomic E-state index is 15.3. The number of benzene rings is 1. The zero-order chi connectivity index (χ0) is 22.7. The molecule has 0 N–H and O–H groups in total. The first-order valence-corrected chi connectivity index (χ1v) is 10.5. The molecule has 3 aromatic rings. The molecule has 1 aliphatic carbocycles. The van der Waals surface area contributed by atoms with Gasteiger partial charge >= 0.3 is 0 Å². The van der Waals surface area contributed by atoms with Crippen LogP contribution in [0.3, 0.4) is 0 Å². The number of rotatable bonds is 7. The lowest BCUT2D eigenvalue weighted by Crippen LogP contribution is -2.15. The molecule has 0 aliphatic heterocycles. The second kappa shape index (κ2) is 9.58. The molecule has 166 valence electrons. The van der Waals surface area contributed by atoms with Crippen molar-refractivity contribution in [2.75, 3.05) is 27.2 Å². The van der Waals surface area contributed by atoms with Crippen LogP contribution in [-0.2, 0) is 0 Å². The van der Waals surface area contributed by atoms with Crippen LogP contribution in [0.1, 0.15) is 18.5 Å². The van der Waals surface area contributed by atoms with E-state index in [1.807, 2.05) is 49.4 Å². The molecule has 0 saturated heterocycles. The van der Waals surface area contributed by atoms with E-state index in [0.717, 1.165) is 18.5 Å². The van der Waals surface area contributed by atoms with Crippen molar-refractivity contribution in [3.05, 3.63) is 71.3 Å². The molecule has 0 saturated carbocycles. The van der Waals surface area contributed by atoms with Gasteiger partial charge in [-0.15, -0.1) is 0 Å². The molecule has 0 amide bonds. The average molecular weight is 458 g/mol. The van der Waals surface area contributed by atoms with E-state index >= 15 is 8.78 Å². The van der Waals surface area contributed by atoms with Crippen LogP contribution in [0.2, 0.25) is 5.15 Å². The molecule has 4 rings (SSSR count). The zero-order valence-corrected chi connectivity index (χ0v) is 18.5. The minimum Gasteiger partial charge on any atom is -0.493 e. The van der Waals surface area contributed by atoms with Crippen molar-refractivity contribution < 1.29 is 13.5 Å². The summed E-state index contributed by atoms with van der Waals surface area (Å²) in [6.07, 6.45) is 12.0. The van der Waals surface area contributed by atoms with E-state index in [-0.39, 0.29) is 27.8 Å². The topological polar surface area (TPSA) is 55.5 Å². The number of nitrogens with zero attached hydrogens (tertiary/aromatic N) is 5. The molecule has 2 heterocycles. The molecule has 0 atom stereocenters. The highest BCUT2D eigenvalue weighted by Gasteiger charge is 2.25. The zero-order valence-electron chi connectivity index (χ0n) is 17.7. The third-order valence-corrected chi connectivity index (χ3v) is 5.24. The van der Waals surface area contributed by atoms with E-state index in [0.29, 0.717) is 18.7 Å². The molecule has 6 nitrogen and oxygen atoms in total. The molecule has 0 bridgehead atoms. The van der Waals surface area contributed by atoms with E-state index in [1.54, 1.807) is 0 Å². The Kier molecular flexibility index (Phi) is 6.62. The lowest BCUT2D eigenvalue weighted by molar-refractivity contribution is 0.279. The van der Waals surface area contributed by atoms with Gasteiger partial charge in [-0.1, -0.05) is 42.0 Å². The number of fused-ring (bicyclic) bond motifs is 1. The fraction of sp³-hybridized carbons (Fsp3) is 0.261. The highest BCUT2D eigenvalue weighted by atomic mass is 35.5. The van der Waals surface area contributed by atoms with Gasteiger partial charge in [-0.25, -0.2) is 8.78 Å². The van der Waals surface area contributed by atoms with Crippen LogP contribution >= 0.6 is 11.6 Å². The van der Waals surface area contributed by atoms with Crippen molar-refractivity contribution in [1.82, 2.24) is 24.5 Å². The Morgan fingerprint density at radius 3 is 2.66 bits per heavy atom. The first-order valence-electron chi connectivity index (χ1n) is 10.1. The van der Waals surface area contributed by atoms with Gasteiger partial charge in [0.1, 0.15) is 28.9 Å². The fourth-order valence-electron chi connectivity index (χ4n) is 3.53. The van der Waals surface area contributed by atoms with Gasteiger partial charge in [-0.2, -0.15) is 19.6 Å². The van der Waals surface area contributed by atoms with Gasteiger partial charge in [0.15, 0.2) is 0 Å². The smallest absolute Gasteiger partial charge is 0.254 e. The average Bonchev–Trinajstić information content (AvgIpc) is 3.03. The lowest BCUT2D eigenvalue weighted by atomic mass is 9.97. The van der Waals surface area contributed by atoms with Crippen LogP contribution < -0.4 is 4.74 Å². The van der Waals surface area contributed by atoms with Gasteiger partial charge in [-0.3, -0.25) is 0 Å². The van der Waals surface area contributed by atoms with E-state index < -0.39 is 11.6 Å². The van der Waals surface area contributed by atoms with E-state index in [1.165, 1.54) is 23.0 Å². The van der Waals surface area contributed by atoms with Crippen LogP contribution in [0.5, 0.6) is 5.75 Å². The number of hydrogen-bond acceptors (Lipinski definition) is 5. The third kappa shape index (κ3) is 4.56. The predicted octanol–water partition coefficient (Wildman–Crippen LogP) is 4.95. The normalized spacial score (nSPS) is 13.6. The molecule has 0 fully saturated rings. The van der Waals surface area contributed by atoms with Gasteiger partial charge < -0.3 is 9.64 Å². The molecule has 0 radical (unpaired) electrons. The van der Waals surface area contributed by atoms with Gasteiger partial charge in [-0.05, 0) is 32.5 Å². The first kappa shape index (κ1) is 22.1. The Hall–Kier alpha value is -3.10. The second-order valence-corrected chi connectivity index (χ2v) is 7.93. The summed E-state index contributed by atoms with van der Waals surface area (Å²) in [4.78, 5) is 10.3. The highest BCUT2D eigenvalue weighted by Crippen LogP contribution is 2.39. The Labute approximate surface area is 189 Å². The third-order valence-electron chi connectivity index (χ3n) is 4.96. The SMILES string of the molecule is CN(C)CCCOc1cc(F)c(-c2c(Cl)nc3ncnn3c2C2=CC=CC=CC2)c(F)c1. The first-order chi connectivity index (χ1) is 15.5. The monoisotopic (exact) mass is 457 g/mol. The van der Waals surface area contributed by atoms with Crippen LogP contribution in [0, 0.1) is 11.6 Å². The Bertz CT molecular complexity index is 1210. The molecule has 9 heteroatoms. The summed E-state index contributed by atoms with van der Waals surface area (Å²) < 4.78 is 37.5. The maximum atomic E-state index is 15.3. The highest BCUT2D eigenvalue weighted by molar-refractivity contribution is 6.32. The Morgan fingerprint density at radius 1 is 1.12 bits per heavy atom. The quantitative estimate of drug-likeness (QED) is 0.371. The van der Waals surface area contributed by atoms with Gasteiger partial charge in [0.2, 0.25) is 0 Å². The van der Waals surface area contributed by atoms with Crippen LogP contribution in [-0.4, -0.2) is 51.7 Å². The summed E-state index contributed by atoms with van der Waals surface area (Å²) in [5.74, 6) is -1.22. The Balaban J connectivity index is 1.80. The van der Waals surface area contributed by atoms with Gasteiger partial charge in [0, 0.05) is 18.7 Å². The van der Waals surface area contributed by atoms with Gasteiger partial charge in [0.25, 0.3) is 5.78 Å². The summed E-state index contributed by atoms with van der Waals surface area (Å²) in [7, 11) is 3.90. The molecule has 0 unspecified atom stereocenters. The van der Waals surface area contributed by atoms with Gasteiger partial charge in [0.05, 0.1) is 23.4 Å². The van der Waals surface area contributed by atoms with Crippen LogP contribution in [0.15, 0.2) is 48.8 Å². The molecule has 1 aliphatic rings. The van der Waals surface area contributed by atoms with Crippen molar-refractivity contribution in [2.45, 2.75) is 12.8 Å². The number of ether oxygens (including phenoxy) is 1. The number of halogens is 3. The molecule has 2 aromatic heterocycles. The summed E-state index contributed by atoms with van der Waals surface area (Å²) in [5, 5.41) is 4.16. The number of aromatic nitrogens is 4. The summed E-state index contributed by atoms with van der Waals surface area (Å²) in [6, 6.07) is 2.34. The van der Waals surface area contributed by atoms with E-state index in [2.05, 4.69) is 15.1 Å². The van der Waals surface area contributed by atoms with Crippen molar-refractivity contribution in [1.29, 1.82) is 0 Å². The van der Waals surface area contributed by atoms with Crippen molar-refractivity contribution in [3.63, 3.8) is 0 Å². The molecule has 1 aromatic carbocycles. The summed E-state index contributed by atoms with van der Waals surface area (Å²) in [6.45, 7) is 1.16. The van der Waals surface area contributed by atoms with Crippen molar-refractivity contribution >= 4 is 23.0 Å². The predicted molar refractivity (Wildman–Crippen MR) is 121 cm³/mol. The lowest BCUT2D eigenvalue weighted by Gasteiger charge is -2.17. The van der Waals surface area contributed by atoms with Crippen molar-refractivity contribution in [3.8, 4) is 16.9 Å². The second-order valence-electron chi connectivity index (χ2n) is 7.57. The largest absolute Gasteiger partial charge is 0.493 e. The molecule has 32 heavy (non-hydrogen) atoms. The minimum absolute atomic E-state index is 0.0592. The fourth-order valence-corrected chi connectivity index (χ4v) is 3.79. The standard InChI is InChI=1S/C23H22ClF2N5O/c1-30(2)10-7-11-32-16-12-17(25)19(18(26)13-16)20-21(15-8-5-3-4-6-9-15)31-23(27-14-28-31)29-22(20)24/h3-6,8,12-14H,7,9-11H2,1-2H3. The maximum Gasteiger partial charge on any atom is 0.254 e. The Morgan fingerprint density at radius 2 is 1.91 bits per heavy atom. The number of hydrogen-bond donors (Lipinski definition) is 0. The summed E-state index contributed by atoms with van der Waals surface area (Å²) >= 11 is 6.45. The van der Waals surface area contributed by atoms with Crippen molar-refractivity contribution in [2.24, 2.45) is 0 Å². The van der Waals surface area contributed by atoms with E-state index in [9.17, 15) is 0 Å². The molecular formula is C23H22ClF2N5O. The summed E-state index contributed by atoms with van der Waals surface area (Å²) in [5.41, 5.74) is 1.04. The molecular weight excluding hydrogens is 436 g/mol. The van der Waals surface area contributed by atoms with Crippen LogP contribution in [0.4, 0.5) is 8.78 Å². The minimum atomic E-state index is -0.794. The van der Waals surface area contributed by atoms with Crippen LogP contribution in [0.25, 0.3) is 22.5 Å². The molecule has 0 spiro atoms. The van der Waals surface area contributed by atoms with E-state index in [4.69, 9.17) is 16.3 Å².